The predicted molar refractivity (Wildman–Crippen MR) is 86.7 cm³/mol. The molecule has 2 rings (SSSR count). The summed E-state index contributed by atoms with van der Waals surface area (Å²) >= 11 is 0. The van der Waals surface area contributed by atoms with Gasteiger partial charge in [0.05, 0.1) is 0 Å². The van der Waals surface area contributed by atoms with Crippen LogP contribution in [0.15, 0.2) is 24.3 Å². The molecule has 112 valence electrons. The third-order valence-corrected chi connectivity index (χ3v) is 5.30. The van der Waals surface area contributed by atoms with Crippen LogP contribution in [0.5, 0.6) is 0 Å². The summed E-state index contributed by atoms with van der Waals surface area (Å²) in [4.78, 5) is 2.52. The van der Waals surface area contributed by atoms with Gasteiger partial charge in [0.1, 0.15) is 0 Å². The molecular formula is C18H30N2. The Morgan fingerprint density at radius 2 is 2.00 bits per heavy atom. The molecule has 20 heavy (non-hydrogen) atoms. The number of hydrogen-bond acceptors (Lipinski definition) is 2. The average Bonchev–Trinajstić information content (AvgIpc) is 2.64. The molecule has 0 bridgehead atoms. The van der Waals surface area contributed by atoms with Crippen molar-refractivity contribution in [3.05, 3.63) is 35.4 Å². The van der Waals surface area contributed by atoms with Crippen molar-refractivity contribution in [2.24, 2.45) is 11.7 Å². The lowest BCUT2D eigenvalue weighted by atomic mass is 9.87. The monoisotopic (exact) mass is 274 g/mol. The first-order valence-corrected chi connectivity index (χ1v) is 8.03. The summed E-state index contributed by atoms with van der Waals surface area (Å²) in [5.74, 6) is 0.857. The van der Waals surface area contributed by atoms with Crippen molar-refractivity contribution in [3.63, 3.8) is 0 Å². The van der Waals surface area contributed by atoms with Crippen LogP contribution < -0.4 is 5.73 Å². The summed E-state index contributed by atoms with van der Waals surface area (Å²) in [6, 6.07) is 8.70. The first kappa shape index (κ1) is 15.5. The topological polar surface area (TPSA) is 29.3 Å². The molecule has 0 aromatic heterocycles. The Morgan fingerprint density at radius 1 is 1.25 bits per heavy atom. The molecule has 2 N–H and O–H groups in total. The number of likely N-dealkylation sites (N-methyl/N-ethyl adjacent to an activating group) is 1. The van der Waals surface area contributed by atoms with Crippen molar-refractivity contribution in [3.8, 4) is 0 Å². The molecular weight excluding hydrogens is 244 g/mol. The normalized spacial score (nSPS) is 27.6. The van der Waals surface area contributed by atoms with Crippen LogP contribution in [0.4, 0.5) is 0 Å². The molecule has 1 aliphatic rings. The molecule has 1 fully saturated rings. The molecule has 1 aromatic carbocycles. The number of nitrogens with two attached hydrogens (primary N) is 1. The molecule has 0 aliphatic heterocycles. The highest BCUT2D eigenvalue weighted by molar-refractivity contribution is 5.25. The maximum atomic E-state index is 6.20. The van der Waals surface area contributed by atoms with Gasteiger partial charge in [-0.2, -0.15) is 0 Å². The fourth-order valence-corrected chi connectivity index (χ4v) is 3.52. The second-order valence-electron chi connectivity index (χ2n) is 6.75. The zero-order valence-electron chi connectivity index (χ0n) is 13.4. The van der Waals surface area contributed by atoms with E-state index in [0.29, 0.717) is 0 Å². The smallest absolute Gasteiger partial charge is 0.0332 e. The Labute approximate surface area is 124 Å². The van der Waals surface area contributed by atoms with Gasteiger partial charge in [-0.25, -0.2) is 0 Å². The molecule has 0 radical (unpaired) electrons. The second-order valence-corrected chi connectivity index (χ2v) is 6.75. The van der Waals surface area contributed by atoms with E-state index in [1.165, 1.54) is 43.2 Å². The van der Waals surface area contributed by atoms with Crippen LogP contribution >= 0.6 is 0 Å². The number of hydrogen-bond donors (Lipinski definition) is 1. The number of aryl methyl sites for hydroxylation is 1. The average molecular weight is 274 g/mol. The van der Waals surface area contributed by atoms with Crippen LogP contribution in [0.25, 0.3) is 0 Å². The van der Waals surface area contributed by atoms with E-state index in [9.17, 15) is 0 Å². The lowest BCUT2D eigenvalue weighted by Gasteiger charge is -2.41. The summed E-state index contributed by atoms with van der Waals surface area (Å²) in [6.07, 6.45) is 6.48. The van der Waals surface area contributed by atoms with Gasteiger partial charge in [0.15, 0.2) is 0 Å². The van der Waals surface area contributed by atoms with Gasteiger partial charge in [0.25, 0.3) is 0 Å². The predicted octanol–water partition coefficient (Wildman–Crippen LogP) is 3.72. The number of nitrogens with zero attached hydrogens (tertiary/aromatic N) is 1. The standard InChI is InChI=1S/C18H30N2/c1-15-7-6-11-18(14-19,12-10-15)20(3)13-17-9-5-4-8-16(17)2/h4-5,8-9,15H,6-7,10-14,19H2,1-3H3. The van der Waals surface area contributed by atoms with Gasteiger partial charge in [0.2, 0.25) is 0 Å². The summed E-state index contributed by atoms with van der Waals surface area (Å²) in [6.45, 7) is 6.38. The quantitative estimate of drug-likeness (QED) is 0.848. The lowest BCUT2D eigenvalue weighted by Crippen LogP contribution is -2.51. The Balaban J connectivity index is 2.12. The largest absolute Gasteiger partial charge is 0.329 e. The SMILES string of the molecule is Cc1ccccc1CN(C)C1(CN)CCCC(C)CC1. The zero-order chi connectivity index (χ0) is 14.6. The fraction of sp³-hybridized carbons (Fsp3) is 0.667. The van der Waals surface area contributed by atoms with Crippen molar-refractivity contribution in [2.75, 3.05) is 13.6 Å². The number of benzene rings is 1. The Bertz CT molecular complexity index is 429. The van der Waals surface area contributed by atoms with Gasteiger partial charge >= 0.3 is 0 Å². The van der Waals surface area contributed by atoms with Crippen LogP contribution in [0.2, 0.25) is 0 Å². The van der Waals surface area contributed by atoms with E-state index in [1.54, 1.807) is 0 Å². The van der Waals surface area contributed by atoms with E-state index in [2.05, 4.69) is 50.1 Å². The third kappa shape index (κ3) is 3.42. The van der Waals surface area contributed by atoms with Gasteiger partial charge in [-0.1, -0.05) is 44.0 Å². The second kappa shape index (κ2) is 6.73. The molecule has 0 amide bonds. The van der Waals surface area contributed by atoms with E-state index in [0.717, 1.165) is 19.0 Å². The molecule has 2 unspecified atom stereocenters. The molecule has 2 atom stereocenters. The first-order valence-electron chi connectivity index (χ1n) is 8.03. The fourth-order valence-electron chi connectivity index (χ4n) is 3.52. The van der Waals surface area contributed by atoms with Crippen LogP contribution in [0.3, 0.4) is 0 Å². The summed E-state index contributed by atoms with van der Waals surface area (Å²) in [5.41, 5.74) is 9.22. The van der Waals surface area contributed by atoms with E-state index in [-0.39, 0.29) is 5.54 Å². The molecule has 2 heteroatoms. The minimum Gasteiger partial charge on any atom is -0.329 e. The summed E-state index contributed by atoms with van der Waals surface area (Å²) in [7, 11) is 2.26. The lowest BCUT2D eigenvalue weighted by molar-refractivity contribution is 0.0985. The van der Waals surface area contributed by atoms with Gasteiger partial charge in [-0.3, -0.25) is 4.90 Å². The van der Waals surface area contributed by atoms with Crippen molar-refractivity contribution in [2.45, 2.75) is 58.0 Å². The molecule has 0 heterocycles. The van der Waals surface area contributed by atoms with Gasteiger partial charge in [-0.05, 0) is 50.3 Å². The Kier molecular flexibility index (Phi) is 5.22. The van der Waals surface area contributed by atoms with Crippen molar-refractivity contribution in [1.82, 2.24) is 4.90 Å². The third-order valence-electron chi connectivity index (χ3n) is 5.30. The maximum absolute atomic E-state index is 6.20. The van der Waals surface area contributed by atoms with Gasteiger partial charge in [0, 0.05) is 18.6 Å². The van der Waals surface area contributed by atoms with Crippen molar-refractivity contribution in [1.29, 1.82) is 0 Å². The van der Waals surface area contributed by atoms with E-state index in [1.807, 2.05) is 0 Å². The Morgan fingerprint density at radius 3 is 2.70 bits per heavy atom. The van der Waals surface area contributed by atoms with Crippen LogP contribution in [0.1, 0.15) is 50.2 Å². The first-order chi connectivity index (χ1) is 9.57. The molecule has 0 saturated heterocycles. The van der Waals surface area contributed by atoms with E-state index < -0.39 is 0 Å². The van der Waals surface area contributed by atoms with E-state index in [4.69, 9.17) is 5.73 Å². The highest BCUT2D eigenvalue weighted by Gasteiger charge is 2.34. The molecule has 0 spiro atoms. The van der Waals surface area contributed by atoms with Crippen LogP contribution in [0, 0.1) is 12.8 Å². The zero-order valence-corrected chi connectivity index (χ0v) is 13.4. The molecule has 1 aromatic rings. The van der Waals surface area contributed by atoms with Gasteiger partial charge in [-0.15, -0.1) is 0 Å². The summed E-state index contributed by atoms with van der Waals surface area (Å²) < 4.78 is 0. The van der Waals surface area contributed by atoms with Crippen LogP contribution in [-0.2, 0) is 6.54 Å². The minimum atomic E-state index is 0.201. The van der Waals surface area contributed by atoms with Crippen LogP contribution in [-0.4, -0.2) is 24.0 Å². The summed E-state index contributed by atoms with van der Waals surface area (Å²) in [5, 5.41) is 0. The highest BCUT2D eigenvalue weighted by atomic mass is 15.2. The van der Waals surface area contributed by atoms with Crippen molar-refractivity contribution >= 4 is 0 Å². The van der Waals surface area contributed by atoms with E-state index >= 15 is 0 Å². The van der Waals surface area contributed by atoms with Gasteiger partial charge < -0.3 is 5.73 Å². The highest BCUT2D eigenvalue weighted by Crippen LogP contribution is 2.34. The Hall–Kier alpha value is -0.860. The minimum absolute atomic E-state index is 0.201. The van der Waals surface area contributed by atoms with Crippen molar-refractivity contribution < 1.29 is 0 Å². The maximum Gasteiger partial charge on any atom is 0.0332 e. The molecule has 1 aliphatic carbocycles. The molecule has 2 nitrogen and oxygen atoms in total. The number of rotatable bonds is 4. The molecule has 1 saturated carbocycles.